The molecule has 2 heterocycles. The van der Waals surface area contributed by atoms with Gasteiger partial charge < -0.3 is 15.1 Å². The normalized spacial score (nSPS) is 14.0. The number of halogens is 1. The Bertz CT molecular complexity index is 998. The van der Waals surface area contributed by atoms with Crippen molar-refractivity contribution in [2.45, 2.75) is 6.92 Å². The van der Waals surface area contributed by atoms with Crippen molar-refractivity contribution in [1.82, 2.24) is 9.88 Å². The number of aryl methyl sites for hydroxylation is 1. The molecule has 1 aliphatic rings. The number of carbonyl (C=O) groups is 1. The number of hydrogen-bond acceptors (Lipinski definition) is 4. The molecule has 1 saturated heterocycles. The van der Waals surface area contributed by atoms with Gasteiger partial charge in [-0.15, -0.1) is 0 Å². The summed E-state index contributed by atoms with van der Waals surface area (Å²) in [4.78, 5) is 21.3. The lowest BCUT2D eigenvalue weighted by Gasteiger charge is -2.36. The molecule has 4 rings (SSSR count). The van der Waals surface area contributed by atoms with E-state index < -0.39 is 0 Å². The minimum atomic E-state index is -0.289. The molecule has 1 N–H and O–H groups in total. The van der Waals surface area contributed by atoms with Crippen molar-refractivity contribution >= 4 is 23.0 Å². The summed E-state index contributed by atoms with van der Waals surface area (Å²) in [5, 5.41) is 3.16. The first kappa shape index (κ1) is 18.9. The van der Waals surface area contributed by atoms with Gasteiger partial charge in [0.05, 0.1) is 17.4 Å². The predicted octanol–water partition coefficient (Wildman–Crippen LogP) is 4.24. The Morgan fingerprint density at radius 2 is 1.72 bits per heavy atom. The highest BCUT2D eigenvalue weighted by molar-refractivity contribution is 5.95. The van der Waals surface area contributed by atoms with Gasteiger partial charge in [-0.05, 0) is 55.0 Å². The number of nitrogens with one attached hydrogen (secondary N) is 1. The molecule has 0 unspecified atom stereocenters. The molecule has 2 aromatic carbocycles. The van der Waals surface area contributed by atoms with Crippen LogP contribution in [0.4, 0.5) is 21.5 Å². The third kappa shape index (κ3) is 4.54. The van der Waals surface area contributed by atoms with Gasteiger partial charge in [-0.3, -0.25) is 9.78 Å². The van der Waals surface area contributed by atoms with Crippen molar-refractivity contribution in [1.29, 1.82) is 0 Å². The zero-order chi connectivity index (χ0) is 20.2. The van der Waals surface area contributed by atoms with E-state index in [-0.39, 0.29) is 11.7 Å². The third-order valence-corrected chi connectivity index (χ3v) is 5.05. The number of aromatic nitrogens is 1. The summed E-state index contributed by atoms with van der Waals surface area (Å²) in [5.74, 6) is -0.313. The first-order valence-corrected chi connectivity index (χ1v) is 9.67. The van der Waals surface area contributed by atoms with Crippen LogP contribution in [-0.4, -0.2) is 42.0 Å². The Balaban J connectivity index is 1.40. The standard InChI is InChI=1S/C23H23FN4O/c1-17-3-2-4-22(13-17)27-9-11-28(12-10-27)23(29)18-14-21(16-25-15-18)26-20-7-5-19(24)6-8-20/h2-8,13-16,26H,9-12H2,1H3. The number of piperazine rings is 1. The molecule has 0 saturated carbocycles. The second-order valence-corrected chi connectivity index (χ2v) is 7.21. The highest BCUT2D eigenvalue weighted by Crippen LogP contribution is 2.20. The van der Waals surface area contributed by atoms with Crippen LogP contribution in [0.15, 0.2) is 67.0 Å². The van der Waals surface area contributed by atoms with Gasteiger partial charge >= 0.3 is 0 Å². The van der Waals surface area contributed by atoms with Crippen molar-refractivity contribution in [3.05, 3.63) is 83.9 Å². The van der Waals surface area contributed by atoms with Crippen LogP contribution in [-0.2, 0) is 0 Å². The lowest BCUT2D eigenvalue weighted by molar-refractivity contribution is 0.0746. The number of anilines is 3. The van der Waals surface area contributed by atoms with Gasteiger partial charge in [-0.2, -0.15) is 0 Å². The van der Waals surface area contributed by atoms with Crippen molar-refractivity contribution in [3.63, 3.8) is 0 Å². The lowest BCUT2D eigenvalue weighted by Crippen LogP contribution is -2.48. The molecule has 5 nitrogen and oxygen atoms in total. The van der Waals surface area contributed by atoms with Gasteiger partial charge in [0.1, 0.15) is 5.82 Å². The fourth-order valence-corrected chi connectivity index (χ4v) is 3.50. The molecule has 1 fully saturated rings. The number of hydrogen-bond donors (Lipinski definition) is 1. The molecule has 6 heteroatoms. The highest BCUT2D eigenvalue weighted by atomic mass is 19.1. The minimum Gasteiger partial charge on any atom is -0.368 e. The maximum absolute atomic E-state index is 13.1. The van der Waals surface area contributed by atoms with E-state index in [1.54, 1.807) is 30.6 Å². The number of rotatable bonds is 4. The van der Waals surface area contributed by atoms with Gasteiger partial charge in [0.2, 0.25) is 0 Å². The fourth-order valence-electron chi connectivity index (χ4n) is 3.50. The Hall–Kier alpha value is -3.41. The molecular weight excluding hydrogens is 367 g/mol. The van der Waals surface area contributed by atoms with Crippen LogP contribution in [0.1, 0.15) is 15.9 Å². The van der Waals surface area contributed by atoms with E-state index in [1.807, 2.05) is 4.90 Å². The summed E-state index contributed by atoms with van der Waals surface area (Å²) in [6.45, 7) is 5.03. The molecule has 0 atom stereocenters. The Morgan fingerprint density at radius 3 is 2.45 bits per heavy atom. The molecule has 1 aliphatic heterocycles. The number of nitrogens with zero attached hydrogens (tertiary/aromatic N) is 3. The molecule has 0 bridgehead atoms. The quantitative estimate of drug-likeness (QED) is 0.724. The Morgan fingerprint density at radius 1 is 0.966 bits per heavy atom. The highest BCUT2D eigenvalue weighted by Gasteiger charge is 2.22. The van der Waals surface area contributed by atoms with E-state index in [9.17, 15) is 9.18 Å². The average molecular weight is 390 g/mol. The fraction of sp³-hybridized carbons (Fsp3) is 0.217. The van der Waals surface area contributed by atoms with Crippen molar-refractivity contribution in [2.24, 2.45) is 0 Å². The van der Waals surface area contributed by atoms with Crippen molar-refractivity contribution < 1.29 is 9.18 Å². The number of benzene rings is 2. The maximum Gasteiger partial charge on any atom is 0.255 e. The lowest BCUT2D eigenvalue weighted by atomic mass is 10.1. The molecule has 29 heavy (non-hydrogen) atoms. The number of amides is 1. The summed E-state index contributed by atoms with van der Waals surface area (Å²) >= 11 is 0. The van der Waals surface area contributed by atoms with E-state index in [2.05, 4.69) is 46.4 Å². The van der Waals surface area contributed by atoms with Crippen LogP contribution in [0.25, 0.3) is 0 Å². The first-order chi connectivity index (χ1) is 14.1. The summed E-state index contributed by atoms with van der Waals surface area (Å²) in [6.07, 6.45) is 3.24. The molecule has 148 valence electrons. The largest absolute Gasteiger partial charge is 0.368 e. The first-order valence-electron chi connectivity index (χ1n) is 9.67. The molecule has 0 spiro atoms. The molecule has 1 aromatic heterocycles. The summed E-state index contributed by atoms with van der Waals surface area (Å²) < 4.78 is 13.1. The number of pyridine rings is 1. The summed E-state index contributed by atoms with van der Waals surface area (Å²) in [6, 6.07) is 16.3. The van der Waals surface area contributed by atoms with Gasteiger partial charge in [-0.25, -0.2) is 4.39 Å². The van der Waals surface area contributed by atoms with E-state index in [4.69, 9.17) is 0 Å². The molecule has 0 radical (unpaired) electrons. The van der Waals surface area contributed by atoms with Crippen molar-refractivity contribution in [2.75, 3.05) is 36.4 Å². The smallest absolute Gasteiger partial charge is 0.255 e. The minimum absolute atomic E-state index is 0.0239. The number of carbonyl (C=O) groups excluding carboxylic acids is 1. The molecular formula is C23H23FN4O. The molecule has 3 aromatic rings. The Labute approximate surface area is 169 Å². The predicted molar refractivity (Wildman–Crippen MR) is 113 cm³/mol. The molecule has 1 amide bonds. The van der Waals surface area contributed by atoms with E-state index in [0.29, 0.717) is 24.3 Å². The van der Waals surface area contributed by atoms with E-state index in [1.165, 1.54) is 23.4 Å². The zero-order valence-electron chi connectivity index (χ0n) is 16.3. The van der Waals surface area contributed by atoms with E-state index >= 15 is 0 Å². The Kier molecular flexibility index (Phi) is 5.42. The van der Waals surface area contributed by atoms with Crippen LogP contribution in [0, 0.1) is 12.7 Å². The third-order valence-electron chi connectivity index (χ3n) is 5.05. The second kappa shape index (κ2) is 8.31. The maximum atomic E-state index is 13.1. The van der Waals surface area contributed by atoms with Crippen LogP contribution >= 0.6 is 0 Å². The van der Waals surface area contributed by atoms with Gasteiger partial charge in [-0.1, -0.05) is 12.1 Å². The average Bonchev–Trinajstić information content (AvgIpc) is 2.75. The van der Waals surface area contributed by atoms with Gasteiger partial charge in [0.25, 0.3) is 5.91 Å². The van der Waals surface area contributed by atoms with Crippen LogP contribution < -0.4 is 10.2 Å². The van der Waals surface area contributed by atoms with Crippen LogP contribution in [0.2, 0.25) is 0 Å². The SMILES string of the molecule is Cc1cccc(N2CCN(C(=O)c3cncc(Nc4ccc(F)cc4)c3)CC2)c1. The summed E-state index contributed by atoms with van der Waals surface area (Å²) in [7, 11) is 0. The molecule has 0 aliphatic carbocycles. The van der Waals surface area contributed by atoms with E-state index in [0.717, 1.165) is 18.8 Å². The summed E-state index contributed by atoms with van der Waals surface area (Å²) in [5.41, 5.74) is 4.41. The monoisotopic (exact) mass is 390 g/mol. The topological polar surface area (TPSA) is 48.5 Å². The van der Waals surface area contributed by atoms with Gasteiger partial charge in [0.15, 0.2) is 0 Å². The second-order valence-electron chi connectivity index (χ2n) is 7.21. The van der Waals surface area contributed by atoms with Crippen LogP contribution in [0.3, 0.4) is 0 Å². The van der Waals surface area contributed by atoms with Gasteiger partial charge in [0, 0.05) is 43.8 Å². The van der Waals surface area contributed by atoms with Crippen LogP contribution in [0.5, 0.6) is 0 Å². The van der Waals surface area contributed by atoms with Crippen molar-refractivity contribution in [3.8, 4) is 0 Å². The zero-order valence-corrected chi connectivity index (χ0v) is 16.3.